The highest BCUT2D eigenvalue weighted by molar-refractivity contribution is 7.89. The number of amides is 1. The van der Waals surface area contributed by atoms with E-state index in [0.29, 0.717) is 43.4 Å². The number of rotatable bonds is 8. The van der Waals surface area contributed by atoms with Crippen molar-refractivity contribution in [1.82, 2.24) is 9.21 Å². The number of sulfonamides is 1. The monoisotopic (exact) mass is 414 g/mol. The maximum atomic E-state index is 12.9. The van der Waals surface area contributed by atoms with Crippen LogP contribution in [0.25, 0.3) is 0 Å². The summed E-state index contributed by atoms with van der Waals surface area (Å²) in [5.41, 5.74) is 0. The summed E-state index contributed by atoms with van der Waals surface area (Å²) in [5.74, 6) is 0.614. The summed E-state index contributed by atoms with van der Waals surface area (Å²) in [6.45, 7) is 8.59. The first-order valence-corrected chi connectivity index (χ1v) is 11.7. The largest absolute Gasteiger partial charge is 0.342 e. The van der Waals surface area contributed by atoms with Crippen LogP contribution in [0.4, 0.5) is 0 Å². The van der Waals surface area contributed by atoms with Gasteiger partial charge in [-0.25, -0.2) is 8.42 Å². The third-order valence-corrected chi connectivity index (χ3v) is 7.75. The summed E-state index contributed by atoms with van der Waals surface area (Å²) in [7, 11) is -3.53. The van der Waals surface area contributed by atoms with Crippen LogP contribution in [-0.4, -0.2) is 49.7 Å². The second kappa shape index (κ2) is 9.89. The van der Waals surface area contributed by atoms with E-state index in [1.54, 1.807) is 12.1 Å². The van der Waals surface area contributed by atoms with Crippen molar-refractivity contribution in [2.75, 3.05) is 26.2 Å². The standard InChI is InChI=1S/C20H31ClN2O3S/c1-4-16(5-2)15-22(6-3)20(24)17-11-13-23(14-12-17)27(25,26)19-9-7-18(21)8-10-19/h7-10,16-17H,4-6,11-15H2,1-3H3. The number of nitrogens with zero attached hydrogens (tertiary/aromatic N) is 2. The number of carbonyl (C=O) groups is 1. The Morgan fingerprint density at radius 1 is 1.15 bits per heavy atom. The Kier molecular flexibility index (Phi) is 8.13. The van der Waals surface area contributed by atoms with E-state index >= 15 is 0 Å². The Morgan fingerprint density at radius 2 is 1.70 bits per heavy atom. The van der Waals surface area contributed by atoms with E-state index in [4.69, 9.17) is 11.6 Å². The lowest BCUT2D eigenvalue weighted by Gasteiger charge is -2.34. The molecule has 0 unspecified atom stereocenters. The van der Waals surface area contributed by atoms with E-state index in [1.807, 2.05) is 11.8 Å². The van der Waals surface area contributed by atoms with Crippen LogP contribution in [0, 0.1) is 11.8 Å². The number of piperidine rings is 1. The SMILES string of the molecule is CCC(CC)CN(CC)C(=O)C1CCN(S(=O)(=O)c2ccc(Cl)cc2)CC1. The molecule has 0 aromatic heterocycles. The second-order valence-corrected chi connectivity index (χ2v) is 9.57. The average Bonchev–Trinajstić information content (AvgIpc) is 2.69. The molecule has 1 aliphatic heterocycles. The lowest BCUT2D eigenvalue weighted by molar-refractivity contribution is -0.137. The molecule has 1 aromatic carbocycles. The van der Waals surface area contributed by atoms with Crippen molar-refractivity contribution < 1.29 is 13.2 Å². The molecule has 0 saturated carbocycles. The van der Waals surface area contributed by atoms with Crippen LogP contribution >= 0.6 is 11.6 Å². The van der Waals surface area contributed by atoms with Crippen LogP contribution in [0.1, 0.15) is 46.5 Å². The van der Waals surface area contributed by atoms with E-state index < -0.39 is 10.0 Å². The van der Waals surface area contributed by atoms with Crippen LogP contribution in [0.15, 0.2) is 29.2 Å². The fraction of sp³-hybridized carbons (Fsp3) is 0.650. The van der Waals surface area contributed by atoms with Gasteiger partial charge in [-0.3, -0.25) is 4.79 Å². The van der Waals surface area contributed by atoms with Gasteiger partial charge in [-0.2, -0.15) is 4.31 Å². The Bertz CT molecular complexity index is 709. The minimum absolute atomic E-state index is 0.0871. The van der Waals surface area contributed by atoms with Crippen molar-refractivity contribution >= 4 is 27.5 Å². The van der Waals surface area contributed by atoms with Crippen LogP contribution in [-0.2, 0) is 14.8 Å². The zero-order chi connectivity index (χ0) is 20.0. The molecule has 1 fully saturated rings. The molecule has 0 N–H and O–H groups in total. The zero-order valence-electron chi connectivity index (χ0n) is 16.5. The van der Waals surface area contributed by atoms with E-state index in [9.17, 15) is 13.2 Å². The van der Waals surface area contributed by atoms with Gasteiger partial charge < -0.3 is 4.90 Å². The Balaban J connectivity index is 1.99. The number of benzene rings is 1. The number of hydrogen-bond acceptors (Lipinski definition) is 3. The third-order valence-electron chi connectivity index (χ3n) is 5.58. The average molecular weight is 415 g/mol. The molecule has 0 bridgehead atoms. The van der Waals surface area contributed by atoms with Gasteiger partial charge in [0, 0.05) is 37.1 Å². The quantitative estimate of drug-likeness (QED) is 0.645. The lowest BCUT2D eigenvalue weighted by atomic mass is 9.95. The fourth-order valence-electron chi connectivity index (χ4n) is 3.59. The number of hydrogen-bond donors (Lipinski definition) is 0. The van der Waals surface area contributed by atoms with Gasteiger partial charge in [0.15, 0.2) is 0 Å². The van der Waals surface area contributed by atoms with Crippen molar-refractivity contribution in [3.8, 4) is 0 Å². The molecule has 0 aliphatic carbocycles. The van der Waals surface area contributed by atoms with E-state index in [2.05, 4.69) is 13.8 Å². The van der Waals surface area contributed by atoms with Gasteiger partial charge in [0.25, 0.3) is 0 Å². The molecule has 1 amide bonds. The molecule has 0 atom stereocenters. The zero-order valence-corrected chi connectivity index (χ0v) is 18.1. The summed E-state index contributed by atoms with van der Waals surface area (Å²) in [6, 6.07) is 6.23. The van der Waals surface area contributed by atoms with Gasteiger partial charge in [-0.05, 0) is 49.9 Å². The van der Waals surface area contributed by atoms with E-state index in [-0.39, 0.29) is 16.7 Å². The summed E-state index contributed by atoms with van der Waals surface area (Å²) in [4.78, 5) is 15.1. The molecule has 27 heavy (non-hydrogen) atoms. The number of carbonyl (C=O) groups excluding carboxylic acids is 1. The van der Waals surface area contributed by atoms with Crippen LogP contribution in [0.3, 0.4) is 0 Å². The molecule has 1 saturated heterocycles. The molecule has 7 heteroatoms. The minimum atomic E-state index is -3.53. The van der Waals surface area contributed by atoms with Gasteiger partial charge in [0.05, 0.1) is 4.90 Å². The molecule has 0 radical (unpaired) electrons. The van der Waals surface area contributed by atoms with Gasteiger partial charge in [0.2, 0.25) is 15.9 Å². The summed E-state index contributed by atoms with van der Waals surface area (Å²) in [6.07, 6.45) is 3.28. The van der Waals surface area contributed by atoms with Gasteiger partial charge in [-0.1, -0.05) is 38.3 Å². The highest BCUT2D eigenvalue weighted by Crippen LogP contribution is 2.26. The normalized spacial score (nSPS) is 16.6. The third kappa shape index (κ3) is 5.46. The van der Waals surface area contributed by atoms with Gasteiger partial charge in [-0.15, -0.1) is 0 Å². The summed E-state index contributed by atoms with van der Waals surface area (Å²) >= 11 is 5.85. The predicted molar refractivity (Wildman–Crippen MR) is 109 cm³/mol. The first-order chi connectivity index (χ1) is 12.8. The molecular formula is C20H31ClN2O3S. The van der Waals surface area contributed by atoms with Crippen molar-refractivity contribution in [3.63, 3.8) is 0 Å². The van der Waals surface area contributed by atoms with Crippen molar-refractivity contribution in [1.29, 1.82) is 0 Å². The molecular weight excluding hydrogens is 384 g/mol. The van der Waals surface area contributed by atoms with Gasteiger partial charge >= 0.3 is 0 Å². The van der Waals surface area contributed by atoms with E-state index in [0.717, 1.165) is 19.4 Å². The van der Waals surface area contributed by atoms with Crippen molar-refractivity contribution in [3.05, 3.63) is 29.3 Å². The molecule has 1 aliphatic rings. The topological polar surface area (TPSA) is 57.7 Å². The fourth-order valence-corrected chi connectivity index (χ4v) is 5.19. The summed E-state index contributed by atoms with van der Waals surface area (Å²) in [5, 5.41) is 0.510. The van der Waals surface area contributed by atoms with Crippen LogP contribution in [0.5, 0.6) is 0 Å². The molecule has 152 valence electrons. The minimum Gasteiger partial charge on any atom is -0.342 e. The number of halogens is 1. The first-order valence-electron chi connectivity index (χ1n) is 9.87. The molecule has 0 spiro atoms. The maximum Gasteiger partial charge on any atom is 0.243 e. The smallest absolute Gasteiger partial charge is 0.243 e. The highest BCUT2D eigenvalue weighted by atomic mass is 35.5. The maximum absolute atomic E-state index is 12.9. The molecule has 1 aromatic rings. The Hall–Kier alpha value is -1.11. The molecule has 1 heterocycles. The Labute approximate surface area is 168 Å². The van der Waals surface area contributed by atoms with E-state index in [1.165, 1.54) is 16.4 Å². The predicted octanol–water partition coefficient (Wildman–Crippen LogP) is 4.03. The lowest BCUT2D eigenvalue weighted by Crippen LogP contribution is -2.45. The van der Waals surface area contributed by atoms with Gasteiger partial charge in [0.1, 0.15) is 0 Å². The molecule has 5 nitrogen and oxygen atoms in total. The molecule has 2 rings (SSSR count). The first kappa shape index (κ1) is 22.2. The van der Waals surface area contributed by atoms with Crippen molar-refractivity contribution in [2.45, 2.75) is 51.3 Å². The Morgan fingerprint density at radius 3 is 2.19 bits per heavy atom. The highest BCUT2D eigenvalue weighted by Gasteiger charge is 2.33. The van der Waals surface area contributed by atoms with Crippen molar-refractivity contribution in [2.24, 2.45) is 11.8 Å². The second-order valence-electron chi connectivity index (χ2n) is 7.19. The summed E-state index contributed by atoms with van der Waals surface area (Å²) < 4.78 is 27.0. The van der Waals surface area contributed by atoms with Crippen LogP contribution < -0.4 is 0 Å². The van der Waals surface area contributed by atoms with Crippen LogP contribution in [0.2, 0.25) is 5.02 Å².